The Morgan fingerprint density at radius 3 is 1.97 bits per heavy atom. The van der Waals surface area contributed by atoms with Crippen molar-refractivity contribution in [3.8, 4) is 0 Å². The lowest BCUT2D eigenvalue weighted by molar-refractivity contribution is -0.338. The summed E-state index contributed by atoms with van der Waals surface area (Å²) in [5, 5.41) is 92.2. The number of nitrogens with one attached hydrogen (secondary N) is 1. The topological polar surface area (TPSA) is 283 Å². The van der Waals surface area contributed by atoms with Crippen LogP contribution in [0.15, 0.2) is 0 Å². The molecule has 0 saturated carbocycles. The summed E-state index contributed by atoms with van der Waals surface area (Å²) in [6, 6.07) is -2.66. The van der Waals surface area contributed by atoms with Crippen molar-refractivity contribution in [2.75, 3.05) is 19.8 Å². The fraction of sp³-hybridized carbons (Fsp3) is 0.950. The van der Waals surface area contributed by atoms with Crippen LogP contribution in [0.5, 0.6) is 0 Å². The molecule has 3 aliphatic rings. The van der Waals surface area contributed by atoms with Crippen LogP contribution >= 0.6 is 0 Å². The Morgan fingerprint density at radius 1 is 0.784 bits per heavy atom. The number of hydrogen-bond acceptors (Lipinski definition) is 16. The molecule has 0 radical (unpaired) electrons. The zero-order valence-electron chi connectivity index (χ0n) is 19.8. The second kappa shape index (κ2) is 12.8. The first-order valence-electron chi connectivity index (χ1n) is 11.7. The Kier molecular flexibility index (Phi) is 10.5. The third kappa shape index (κ3) is 6.55. The minimum Gasteiger partial charge on any atom is -0.394 e. The van der Waals surface area contributed by atoms with Crippen molar-refractivity contribution in [3.63, 3.8) is 0 Å². The van der Waals surface area contributed by atoms with Gasteiger partial charge in [0.25, 0.3) is 0 Å². The lowest BCUT2D eigenvalue weighted by Gasteiger charge is -2.47. The first kappa shape index (κ1) is 30.4. The van der Waals surface area contributed by atoms with E-state index in [2.05, 4.69) is 5.32 Å². The third-order valence-corrected chi connectivity index (χ3v) is 6.55. The number of aliphatic hydroxyl groups is 9. The number of ether oxygens (including phenoxy) is 5. The van der Waals surface area contributed by atoms with Gasteiger partial charge in [-0.2, -0.15) is 0 Å². The number of amides is 1. The summed E-state index contributed by atoms with van der Waals surface area (Å²) in [5.41, 5.74) is 6.04. The number of carbonyl (C=O) groups excluding carboxylic acids is 1. The maximum Gasteiger partial charge on any atom is 0.217 e. The van der Waals surface area contributed by atoms with Gasteiger partial charge in [-0.3, -0.25) is 4.79 Å². The van der Waals surface area contributed by atoms with E-state index in [0.29, 0.717) is 0 Å². The van der Waals surface area contributed by atoms with Crippen LogP contribution in [0.4, 0.5) is 0 Å². The molecule has 37 heavy (non-hydrogen) atoms. The van der Waals surface area contributed by atoms with E-state index < -0.39 is 118 Å². The molecule has 3 rings (SSSR count). The Labute approximate surface area is 210 Å². The Bertz CT molecular complexity index is 749. The number of nitrogens with two attached hydrogens (primary N) is 1. The second-order valence-electron chi connectivity index (χ2n) is 9.20. The maximum atomic E-state index is 11.6. The smallest absolute Gasteiger partial charge is 0.217 e. The summed E-state index contributed by atoms with van der Waals surface area (Å²) in [4.78, 5) is 11.6. The zero-order valence-corrected chi connectivity index (χ0v) is 19.8. The largest absolute Gasteiger partial charge is 0.394 e. The molecule has 3 aliphatic heterocycles. The molecule has 0 aliphatic carbocycles. The van der Waals surface area contributed by atoms with Crippen molar-refractivity contribution in [1.29, 1.82) is 0 Å². The van der Waals surface area contributed by atoms with Crippen molar-refractivity contribution in [2.45, 2.75) is 98.9 Å². The van der Waals surface area contributed by atoms with E-state index in [-0.39, 0.29) is 0 Å². The van der Waals surface area contributed by atoms with Gasteiger partial charge < -0.3 is 80.7 Å². The average Bonchev–Trinajstić information content (AvgIpc) is 2.86. The van der Waals surface area contributed by atoms with Crippen LogP contribution in [0.25, 0.3) is 0 Å². The van der Waals surface area contributed by atoms with Gasteiger partial charge in [0.05, 0.1) is 25.9 Å². The molecule has 17 heteroatoms. The van der Waals surface area contributed by atoms with Crippen LogP contribution in [0, 0.1) is 0 Å². The Balaban J connectivity index is 1.69. The van der Waals surface area contributed by atoms with Gasteiger partial charge in [0.2, 0.25) is 5.91 Å². The highest BCUT2D eigenvalue weighted by Crippen LogP contribution is 2.30. The molecule has 1 amide bonds. The lowest BCUT2D eigenvalue weighted by Crippen LogP contribution is -2.68. The van der Waals surface area contributed by atoms with Crippen LogP contribution in [0.3, 0.4) is 0 Å². The van der Waals surface area contributed by atoms with Gasteiger partial charge in [0.15, 0.2) is 18.9 Å². The highest BCUT2D eigenvalue weighted by molar-refractivity contribution is 5.73. The predicted octanol–water partition coefficient (Wildman–Crippen LogP) is -7.46. The van der Waals surface area contributed by atoms with Crippen LogP contribution < -0.4 is 11.1 Å². The molecule has 12 N–H and O–H groups in total. The predicted molar refractivity (Wildman–Crippen MR) is 115 cm³/mol. The molecule has 15 atom stereocenters. The number of carbonyl (C=O) groups is 1. The van der Waals surface area contributed by atoms with Gasteiger partial charge in [0, 0.05) is 6.92 Å². The highest BCUT2D eigenvalue weighted by atomic mass is 16.7. The van der Waals surface area contributed by atoms with Gasteiger partial charge in [-0.05, 0) is 0 Å². The Hall–Kier alpha value is -1.13. The molecule has 17 nitrogen and oxygen atoms in total. The van der Waals surface area contributed by atoms with E-state index in [0.717, 1.165) is 6.92 Å². The van der Waals surface area contributed by atoms with Crippen molar-refractivity contribution < 1.29 is 74.4 Å². The highest BCUT2D eigenvalue weighted by Gasteiger charge is 2.51. The van der Waals surface area contributed by atoms with Gasteiger partial charge in [-0.1, -0.05) is 0 Å². The molecule has 0 bridgehead atoms. The normalized spacial score (nSPS) is 49.0. The van der Waals surface area contributed by atoms with Gasteiger partial charge in [0.1, 0.15) is 67.1 Å². The molecule has 0 aromatic carbocycles. The van der Waals surface area contributed by atoms with Gasteiger partial charge >= 0.3 is 0 Å². The fourth-order valence-electron chi connectivity index (χ4n) is 4.41. The molecule has 0 unspecified atom stereocenters. The monoisotopic (exact) mass is 544 g/mol. The number of aliphatic hydroxyl groups excluding tert-OH is 9. The van der Waals surface area contributed by atoms with Crippen LogP contribution in [0.1, 0.15) is 6.92 Å². The summed E-state index contributed by atoms with van der Waals surface area (Å²) >= 11 is 0. The number of hydrogen-bond donors (Lipinski definition) is 11. The molecule has 0 spiro atoms. The maximum absolute atomic E-state index is 11.6. The van der Waals surface area contributed by atoms with E-state index in [1.165, 1.54) is 0 Å². The molecule has 3 saturated heterocycles. The molecular weight excluding hydrogens is 508 g/mol. The summed E-state index contributed by atoms with van der Waals surface area (Å²) in [5.74, 6) is -0.602. The first-order chi connectivity index (χ1) is 17.4. The summed E-state index contributed by atoms with van der Waals surface area (Å²) in [7, 11) is 0. The van der Waals surface area contributed by atoms with E-state index in [9.17, 15) is 50.8 Å². The van der Waals surface area contributed by atoms with E-state index in [4.69, 9.17) is 29.4 Å². The van der Waals surface area contributed by atoms with Gasteiger partial charge in [-0.25, -0.2) is 0 Å². The molecule has 216 valence electrons. The molecule has 0 aromatic heterocycles. The molecule has 0 aromatic rings. The first-order valence-corrected chi connectivity index (χ1v) is 11.7. The lowest BCUT2D eigenvalue weighted by atomic mass is 9.95. The SMILES string of the molecule is CC(=O)N[C@H]1[C@H](O[C@H]2[C@@H](O)[C@@H](N)[C@@H](OC[C@@H]3O[C@@H](O)[C@H](O)[C@H](O)[C@H]3O)O[C@@H]2CO)O[C@H](CO)[C@H](O)[C@@H]1O. The summed E-state index contributed by atoms with van der Waals surface area (Å²) in [6.45, 7) is -0.794. The average molecular weight is 545 g/mol. The molecule has 3 fully saturated rings. The van der Waals surface area contributed by atoms with Crippen molar-refractivity contribution >= 4 is 5.91 Å². The minimum atomic E-state index is -1.80. The number of rotatable bonds is 8. The minimum absolute atomic E-state index is 0.505. The zero-order chi connectivity index (χ0) is 27.6. The Morgan fingerprint density at radius 2 is 1.38 bits per heavy atom. The van der Waals surface area contributed by atoms with E-state index in [1.807, 2.05) is 0 Å². The fourth-order valence-corrected chi connectivity index (χ4v) is 4.41. The van der Waals surface area contributed by atoms with Crippen molar-refractivity contribution in [3.05, 3.63) is 0 Å². The van der Waals surface area contributed by atoms with Crippen molar-refractivity contribution in [2.24, 2.45) is 5.73 Å². The van der Waals surface area contributed by atoms with Crippen LogP contribution in [-0.4, -0.2) is 164 Å². The quantitative estimate of drug-likeness (QED) is 0.135. The second-order valence-corrected chi connectivity index (χ2v) is 9.20. The molecular formula is C20H36N2O15. The summed E-state index contributed by atoms with van der Waals surface area (Å²) < 4.78 is 27.3. The standard InChI is InChI=1S/C20H36N2O15/c1-5(25)22-10-14(29)11(26)6(2-23)35-20(10)37-17-7(3-24)36-19(9(21)13(17)28)33-4-8-12(27)15(30)16(31)18(32)34-8/h6-20,23-24,26-32H,2-4,21H2,1H3,(H,22,25)/t6-,7-,8+,9-,10-,11+,12+,13+,14-,15-,16-,17-,18-,19+,20+/m1/s1. The summed E-state index contributed by atoms with van der Waals surface area (Å²) in [6.07, 6.45) is -19.9. The van der Waals surface area contributed by atoms with Crippen LogP contribution in [0.2, 0.25) is 0 Å². The van der Waals surface area contributed by atoms with Crippen molar-refractivity contribution in [1.82, 2.24) is 5.32 Å². The molecule has 3 heterocycles. The third-order valence-electron chi connectivity index (χ3n) is 6.55. The van der Waals surface area contributed by atoms with E-state index >= 15 is 0 Å². The van der Waals surface area contributed by atoms with Crippen LogP contribution in [-0.2, 0) is 28.5 Å². The van der Waals surface area contributed by atoms with Gasteiger partial charge in [-0.15, -0.1) is 0 Å². The van der Waals surface area contributed by atoms with E-state index in [1.54, 1.807) is 0 Å².